The van der Waals surface area contributed by atoms with Crippen molar-refractivity contribution in [2.45, 2.75) is 78.7 Å². The average Bonchev–Trinajstić information content (AvgIpc) is 2.87. The van der Waals surface area contributed by atoms with Crippen LogP contribution >= 0.6 is 31.9 Å². The number of halogens is 3. The molecule has 2 aliphatic rings. The van der Waals surface area contributed by atoms with Crippen LogP contribution in [-0.4, -0.2) is 94.5 Å². The van der Waals surface area contributed by atoms with Gasteiger partial charge in [0.15, 0.2) is 0 Å². The lowest BCUT2D eigenvalue weighted by Crippen LogP contribution is -2.55. The molecule has 0 spiro atoms. The first-order chi connectivity index (χ1) is 19.9. The van der Waals surface area contributed by atoms with Gasteiger partial charge in [0.25, 0.3) is 0 Å². The molecule has 0 aliphatic carbocycles. The van der Waals surface area contributed by atoms with Gasteiger partial charge in [0.2, 0.25) is 5.95 Å². The first-order valence-corrected chi connectivity index (χ1v) is 15.9. The van der Waals surface area contributed by atoms with Crippen molar-refractivity contribution in [1.29, 1.82) is 0 Å². The summed E-state index contributed by atoms with van der Waals surface area (Å²) in [5, 5.41) is 3.23. The number of nitrogens with zero attached hydrogens (tertiary/aromatic N) is 5. The summed E-state index contributed by atoms with van der Waals surface area (Å²) in [6, 6.07) is 7.19. The van der Waals surface area contributed by atoms with Gasteiger partial charge in [-0.25, -0.2) is 19.6 Å². The molecular formula is C30H45Br2FN6O4. The van der Waals surface area contributed by atoms with Crippen LogP contribution in [0, 0.1) is 5.95 Å². The Kier molecular flexibility index (Phi) is 14.1. The zero-order valence-electron chi connectivity index (χ0n) is 26.4. The van der Waals surface area contributed by atoms with E-state index >= 15 is 0 Å². The van der Waals surface area contributed by atoms with E-state index in [-0.39, 0.29) is 24.3 Å². The second-order valence-electron chi connectivity index (χ2n) is 12.3. The number of carbonyl (C=O) groups is 2. The maximum atomic E-state index is 12.2. The fourth-order valence-corrected chi connectivity index (χ4v) is 4.77. The van der Waals surface area contributed by atoms with Crippen LogP contribution in [0.5, 0.6) is 0 Å². The van der Waals surface area contributed by atoms with E-state index in [9.17, 15) is 14.0 Å². The Balaban J connectivity index is 0.000000251. The van der Waals surface area contributed by atoms with Gasteiger partial charge in [-0.3, -0.25) is 0 Å². The Bertz CT molecular complexity index is 1180. The predicted molar refractivity (Wildman–Crippen MR) is 174 cm³/mol. The fraction of sp³-hybridized carbons (Fsp3) is 0.600. The second-order valence-corrected chi connectivity index (χ2v) is 14.2. The summed E-state index contributed by atoms with van der Waals surface area (Å²) in [5.74, 6) is 0.472. The zero-order valence-corrected chi connectivity index (χ0v) is 29.5. The number of hydrogen-bond donors (Lipinski definition) is 1. The largest absolute Gasteiger partial charge is 0.444 e. The van der Waals surface area contributed by atoms with E-state index in [2.05, 4.69) is 52.0 Å². The van der Waals surface area contributed by atoms with Crippen molar-refractivity contribution >= 4 is 49.9 Å². The molecule has 4 heterocycles. The molecule has 43 heavy (non-hydrogen) atoms. The Morgan fingerprint density at radius 2 is 1.40 bits per heavy atom. The summed E-state index contributed by atoms with van der Waals surface area (Å²) in [6.07, 6.45) is 2.74. The smallest absolute Gasteiger partial charge is 0.410 e. The highest BCUT2D eigenvalue weighted by molar-refractivity contribution is 9.10. The van der Waals surface area contributed by atoms with Crippen LogP contribution in [0.15, 0.2) is 45.6 Å². The van der Waals surface area contributed by atoms with Gasteiger partial charge in [0.1, 0.15) is 17.0 Å². The molecule has 0 saturated carbocycles. The van der Waals surface area contributed by atoms with Crippen molar-refractivity contribution in [3.05, 3.63) is 51.6 Å². The number of pyridine rings is 2. The minimum atomic E-state index is -0.459. The Hall–Kier alpha value is -2.51. The van der Waals surface area contributed by atoms with Crippen molar-refractivity contribution in [2.75, 3.05) is 44.2 Å². The third-order valence-corrected chi connectivity index (χ3v) is 7.09. The minimum Gasteiger partial charge on any atom is -0.444 e. The van der Waals surface area contributed by atoms with Gasteiger partial charge in [0, 0.05) is 78.8 Å². The average molecular weight is 733 g/mol. The molecule has 13 heteroatoms. The number of piperazine rings is 2. The second kappa shape index (κ2) is 16.5. The quantitative estimate of drug-likeness (QED) is 0.333. The van der Waals surface area contributed by atoms with Gasteiger partial charge in [0.05, 0.1) is 0 Å². The monoisotopic (exact) mass is 730 g/mol. The molecule has 2 fully saturated rings. The van der Waals surface area contributed by atoms with E-state index in [4.69, 9.17) is 9.47 Å². The normalized spacial score (nSPS) is 18.9. The molecule has 2 aromatic rings. The fourth-order valence-electron chi connectivity index (χ4n) is 4.14. The molecule has 2 amide bonds. The molecule has 10 nitrogen and oxygen atoms in total. The summed E-state index contributed by atoms with van der Waals surface area (Å²) in [5.41, 5.74) is -0.860. The van der Waals surface area contributed by atoms with Crippen molar-refractivity contribution < 1.29 is 23.5 Å². The number of nitrogens with one attached hydrogen (secondary N) is 1. The maximum Gasteiger partial charge on any atom is 0.410 e. The molecular weight excluding hydrogens is 687 g/mol. The summed E-state index contributed by atoms with van der Waals surface area (Å²) < 4.78 is 24.5. The molecule has 0 radical (unpaired) electrons. The lowest BCUT2D eigenvalue weighted by molar-refractivity contribution is 0.0136. The van der Waals surface area contributed by atoms with Crippen LogP contribution < -0.4 is 10.2 Å². The van der Waals surface area contributed by atoms with Crippen LogP contribution in [0.1, 0.15) is 55.4 Å². The number of amides is 2. The Morgan fingerprint density at radius 1 is 0.860 bits per heavy atom. The summed E-state index contributed by atoms with van der Waals surface area (Å²) >= 11 is 6.54. The number of aromatic nitrogens is 2. The van der Waals surface area contributed by atoms with Crippen molar-refractivity contribution in [3.63, 3.8) is 0 Å². The van der Waals surface area contributed by atoms with E-state index in [0.717, 1.165) is 43.0 Å². The Labute approximate surface area is 272 Å². The summed E-state index contributed by atoms with van der Waals surface area (Å²) in [6.45, 7) is 20.0. The van der Waals surface area contributed by atoms with Gasteiger partial charge in [-0.15, -0.1) is 0 Å². The van der Waals surface area contributed by atoms with Crippen molar-refractivity contribution in [2.24, 2.45) is 0 Å². The summed E-state index contributed by atoms with van der Waals surface area (Å²) in [4.78, 5) is 37.4. The van der Waals surface area contributed by atoms with Gasteiger partial charge in [-0.05, 0) is 73.6 Å². The third-order valence-electron chi connectivity index (χ3n) is 6.10. The van der Waals surface area contributed by atoms with E-state index in [1.165, 1.54) is 12.3 Å². The molecule has 2 aromatic heterocycles. The molecule has 240 valence electrons. The standard InChI is InChI=1S/C15H22BrN3O2.C10H20N2O2.C5H3BrFN/c1-11-10-18(13-9-12(16)5-6-17-13)7-8-19(11)14(20)21-15(2,3)4;1-8-7-11-5-6-12(8)9(13)14-10(2,3)4;6-4-1-2-8-5(7)3-4/h5-6,9,11H,7-8,10H2,1-4H3;8,11H,5-7H2,1-4H3;1-3H/t11-;8-;/m00./s1. The molecule has 4 rings (SSSR count). The van der Waals surface area contributed by atoms with Crippen LogP contribution in [0.25, 0.3) is 0 Å². The highest BCUT2D eigenvalue weighted by Crippen LogP contribution is 2.22. The van der Waals surface area contributed by atoms with E-state index < -0.39 is 17.1 Å². The topological polar surface area (TPSA) is 100 Å². The van der Waals surface area contributed by atoms with Crippen molar-refractivity contribution in [3.8, 4) is 0 Å². The predicted octanol–water partition coefficient (Wildman–Crippen LogP) is 6.49. The van der Waals surface area contributed by atoms with Crippen LogP contribution in [0.4, 0.5) is 19.8 Å². The highest BCUT2D eigenvalue weighted by Gasteiger charge is 2.31. The van der Waals surface area contributed by atoms with Crippen LogP contribution in [0.3, 0.4) is 0 Å². The first-order valence-electron chi connectivity index (χ1n) is 14.3. The lowest BCUT2D eigenvalue weighted by atomic mass is 10.2. The maximum absolute atomic E-state index is 12.2. The molecule has 2 atom stereocenters. The minimum absolute atomic E-state index is 0.0920. The molecule has 2 saturated heterocycles. The summed E-state index contributed by atoms with van der Waals surface area (Å²) in [7, 11) is 0. The number of rotatable bonds is 1. The number of anilines is 1. The SMILES string of the molecule is C[C@H]1CN(c2cc(Br)ccn2)CCN1C(=O)OC(C)(C)C.C[C@H]1CNCCN1C(=O)OC(C)(C)C.Fc1cc(Br)ccn1. The molecule has 0 bridgehead atoms. The van der Waals surface area contributed by atoms with E-state index in [1.54, 1.807) is 22.1 Å². The van der Waals surface area contributed by atoms with Gasteiger partial charge < -0.3 is 29.5 Å². The number of ether oxygens (including phenoxy) is 2. The zero-order chi connectivity index (χ0) is 32.4. The Morgan fingerprint density at radius 3 is 1.84 bits per heavy atom. The molecule has 2 aliphatic heterocycles. The van der Waals surface area contributed by atoms with Crippen LogP contribution in [0.2, 0.25) is 0 Å². The number of hydrogen-bond acceptors (Lipinski definition) is 8. The van der Waals surface area contributed by atoms with Crippen LogP contribution in [-0.2, 0) is 9.47 Å². The van der Waals surface area contributed by atoms with Gasteiger partial charge in [-0.2, -0.15) is 4.39 Å². The first kappa shape index (κ1) is 36.7. The molecule has 0 unspecified atom stereocenters. The third kappa shape index (κ3) is 13.8. The van der Waals surface area contributed by atoms with Crippen molar-refractivity contribution in [1.82, 2.24) is 25.1 Å². The lowest BCUT2D eigenvalue weighted by Gasteiger charge is -2.40. The molecule has 0 aromatic carbocycles. The van der Waals surface area contributed by atoms with E-state index in [1.807, 2.05) is 67.5 Å². The molecule has 1 N–H and O–H groups in total. The van der Waals surface area contributed by atoms with E-state index in [0.29, 0.717) is 11.0 Å². The van der Waals surface area contributed by atoms with Gasteiger partial charge in [-0.1, -0.05) is 31.9 Å². The highest BCUT2D eigenvalue weighted by atomic mass is 79.9. The number of carbonyl (C=O) groups excluding carboxylic acids is 2. The van der Waals surface area contributed by atoms with Gasteiger partial charge >= 0.3 is 12.2 Å².